The van der Waals surface area contributed by atoms with Crippen molar-refractivity contribution in [2.75, 3.05) is 18.6 Å². The van der Waals surface area contributed by atoms with Gasteiger partial charge in [0.25, 0.3) is 0 Å². The Hall–Kier alpha value is -3.11. The predicted molar refractivity (Wildman–Crippen MR) is 144 cm³/mol. The molecular formula is C29H38F2N4O4. The number of nitrogens with zero attached hydrogens (tertiary/aromatic N) is 2. The molecule has 1 aromatic carbocycles. The van der Waals surface area contributed by atoms with Gasteiger partial charge in [-0.3, -0.25) is 19.5 Å². The first-order valence-corrected chi connectivity index (χ1v) is 13.4. The van der Waals surface area contributed by atoms with Crippen LogP contribution in [0.1, 0.15) is 70.0 Å². The molecule has 1 saturated carbocycles. The van der Waals surface area contributed by atoms with Crippen LogP contribution in [0.2, 0.25) is 0 Å². The SMILES string of the molecule is COc1ccncc1C(C(=O)NC1CCC(F)(F)CC1)N(C(=O)[C@H]1C[C@@H](O)CN1)c1ccc(C(C)(C)C)cc1. The van der Waals surface area contributed by atoms with Gasteiger partial charge >= 0.3 is 0 Å². The van der Waals surface area contributed by atoms with E-state index in [-0.39, 0.29) is 44.1 Å². The number of pyridine rings is 1. The molecule has 1 aromatic heterocycles. The Kier molecular flexibility index (Phi) is 8.56. The zero-order valence-corrected chi connectivity index (χ0v) is 22.9. The van der Waals surface area contributed by atoms with Gasteiger partial charge in [-0.2, -0.15) is 0 Å². The number of carbonyl (C=O) groups is 2. The molecule has 2 amide bonds. The molecule has 10 heteroatoms. The van der Waals surface area contributed by atoms with Gasteiger partial charge in [-0.05, 0) is 48.4 Å². The van der Waals surface area contributed by atoms with E-state index in [9.17, 15) is 23.5 Å². The van der Waals surface area contributed by atoms with E-state index in [1.165, 1.54) is 24.4 Å². The summed E-state index contributed by atoms with van der Waals surface area (Å²) in [7, 11) is 1.47. The Morgan fingerprint density at radius 1 is 1.18 bits per heavy atom. The summed E-state index contributed by atoms with van der Waals surface area (Å²) in [5, 5.41) is 16.1. The maximum absolute atomic E-state index is 14.1. The second-order valence-corrected chi connectivity index (χ2v) is 11.5. The summed E-state index contributed by atoms with van der Waals surface area (Å²) >= 11 is 0. The third kappa shape index (κ3) is 6.73. The average Bonchev–Trinajstić information content (AvgIpc) is 3.34. The van der Waals surface area contributed by atoms with Crippen molar-refractivity contribution in [2.45, 2.75) is 88.4 Å². The first-order chi connectivity index (χ1) is 18.4. The van der Waals surface area contributed by atoms with E-state index in [4.69, 9.17) is 4.74 Å². The second kappa shape index (κ2) is 11.6. The normalized spacial score (nSPS) is 22.2. The number of carbonyl (C=O) groups excluding carboxylic acids is 2. The highest BCUT2D eigenvalue weighted by molar-refractivity contribution is 6.04. The van der Waals surface area contributed by atoms with Crippen LogP contribution in [0.4, 0.5) is 14.5 Å². The Morgan fingerprint density at radius 2 is 1.85 bits per heavy atom. The minimum Gasteiger partial charge on any atom is -0.496 e. The molecule has 3 atom stereocenters. The molecule has 1 aliphatic carbocycles. The maximum atomic E-state index is 14.1. The topological polar surface area (TPSA) is 104 Å². The summed E-state index contributed by atoms with van der Waals surface area (Å²) < 4.78 is 33.1. The third-order valence-corrected chi connectivity index (χ3v) is 7.55. The predicted octanol–water partition coefficient (Wildman–Crippen LogP) is 3.88. The van der Waals surface area contributed by atoms with Gasteiger partial charge in [0.2, 0.25) is 17.7 Å². The first kappa shape index (κ1) is 28.9. The molecule has 2 aliphatic rings. The lowest BCUT2D eigenvalue weighted by molar-refractivity contribution is -0.128. The number of methoxy groups -OCH3 is 1. The largest absolute Gasteiger partial charge is 0.496 e. The number of hydrogen-bond acceptors (Lipinski definition) is 6. The molecule has 1 unspecified atom stereocenters. The quantitative estimate of drug-likeness (QED) is 0.489. The third-order valence-electron chi connectivity index (χ3n) is 7.55. The fraction of sp³-hybridized carbons (Fsp3) is 0.552. The number of alkyl halides is 2. The molecule has 0 radical (unpaired) electrons. The number of aliphatic hydroxyl groups excluding tert-OH is 1. The summed E-state index contributed by atoms with van der Waals surface area (Å²) in [6.45, 7) is 6.51. The lowest BCUT2D eigenvalue weighted by atomic mass is 9.87. The van der Waals surface area contributed by atoms with E-state index in [2.05, 4.69) is 36.4 Å². The van der Waals surface area contributed by atoms with Crippen LogP contribution in [0.5, 0.6) is 5.75 Å². The van der Waals surface area contributed by atoms with E-state index < -0.39 is 42.0 Å². The number of hydrogen-bond donors (Lipinski definition) is 3. The number of anilines is 1. The summed E-state index contributed by atoms with van der Waals surface area (Å²) in [6.07, 6.45) is 2.19. The Balaban J connectivity index is 1.78. The van der Waals surface area contributed by atoms with Crippen molar-refractivity contribution in [1.29, 1.82) is 0 Å². The molecule has 2 aromatic rings. The lowest BCUT2D eigenvalue weighted by Crippen LogP contribution is -2.52. The standard InChI is InChI=1S/C29H38F2N4O4/c1-28(2,3)18-5-7-20(8-6-18)35(27(38)23-15-21(36)16-33-23)25(22-17-32-14-11-24(22)39-4)26(37)34-19-9-12-29(30,31)13-10-19/h5-8,11,14,17,19,21,23,25,33,36H,9-10,12-13,15-16H2,1-4H3,(H,34,37)/t21-,23-,25?/m1/s1. The molecule has 212 valence electrons. The van der Waals surface area contributed by atoms with Crippen LogP contribution in [0.25, 0.3) is 0 Å². The number of aromatic nitrogens is 1. The van der Waals surface area contributed by atoms with Crippen LogP contribution >= 0.6 is 0 Å². The number of amides is 2. The fourth-order valence-electron chi connectivity index (χ4n) is 5.25. The van der Waals surface area contributed by atoms with Crippen LogP contribution in [0, 0.1) is 0 Å². The van der Waals surface area contributed by atoms with Gasteiger partial charge in [0.15, 0.2) is 0 Å². The van der Waals surface area contributed by atoms with Crippen molar-refractivity contribution >= 4 is 17.5 Å². The molecule has 0 bridgehead atoms. The summed E-state index contributed by atoms with van der Waals surface area (Å²) in [6, 6.07) is 6.70. The number of aliphatic hydroxyl groups is 1. The molecule has 39 heavy (non-hydrogen) atoms. The van der Waals surface area contributed by atoms with Gasteiger partial charge in [-0.1, -0.05) is 32.9 Å². The summed E-state index contributed by atoms with van der Waals surface area (Å²) in [5.41, 5.74) is 1.77. The number of rotatable bonds is 7. The zero-order valence-electron chi connectivity index (χ0n) is 22.9. The second-order valence-electron chi connectivity index (χ2n) is 11.5. The van der Waals surface area contributed by atoms with Crippen molar-refractivity contribution in [3.8, 4) is 5.75 Å². The fourth-order valence-corrected chi connectivity index (χ4v) is 5.25. The molecule has 8 nitrogen and oxygen atoms in total. The van der Waals surface area contributed by atoms with E-state index >= 15 is 0 Å². The van der Waals surface area contributed by atoms with Crippen molar-refractivity contribution in [2.24, 2.45) is 0 Å². The maximum Gasteiger partial charge on any atom is 0.248 e. The molecule has 4 rings (SSSR count). The number of benzene rings is 1. The van der Waals surface area contributed by atoms with Gasteiger partial charge in [0.05, 0.1) is 19.3 Å². The van der Waals surface area contributed by atoms with E-state index in [1.807, 2.05) is 12.1 Å². The number of nitrogens with one attached hydrogen (secondary N) is 2. The molecule has 3 N–H and O–H groups in total. The minimum atomic E-state index is -2.74. The van der Waals surface area contributed by atoms with Crippen LogP contribution in [0.15, 0.2) is 42.7 Å². The zero-order chi connectivity index (χ0) is 28.4. The van der Waals surface area contributed by atoms with Crippen molar-refractivity contribution in [3.05, 3.63) is 53.9 Å². The minimum absolute atomic E-state index is 0.128. The van der Waals surface area contributed by atoms with Crippen LogP contribution in [-0.2, 0) is 15.0 Å². The Morgan fingerprint density at radius 3 is 2.41 bits per heavy atom. The Labute approximate surface area is 228 Å². The monoisotopic (exact) mass is 544 g/mol. The number of halogens is 2. The first-order valence-electron chi connectivity index (χ1n) is 13.4. The van der Waals surface area contributed by atoms with E-state index in [0.717, 1.165) is 5.56 Å². The van der Waals surface area contributed by atoms with Gasteiger partial charge in [-0.15, -0.1) is 0 Å². The molecule has 1 aliphatic heterocycles. The van der Waals surface area contributed by atoms with E-state index in [1.54, 1.807) is 18.2 Å². The molecule has 2 heterocycles. The van der Waals surface area contributed by atoms with Gasteiger partial charge in [-0.25, -0.2) is 8.78 Å². The number of β-amino-alcohol motifs (C(OH)–C–C–N with tert-alkyl or cyclic N) is 1. The van der Waals surface area contributed by atoms with Crippen LogP contribution in [0.3, 0.4) is 0 Å². The van der Waals surface area contributed by atoms with Crippen molar-refractivity contribution < 1.29 is 28.2 Å². The average molecular weight is 545 g/mol. The smallest absolute Gasteiger partial charge is 0.248 e. The van der Waals surface area contributed by atoms with Gasteiger partial charge in [0, 0.05) is 49.1 Å². The Bertz CT molecular complexity index is 1160. The van der Waals surface area contributed by atoms with Crippen molar-refractivity contribution in [3.63, 3.8) is 0 Å². The summed E-state index contributed by atoms with van der Waals surface area (Å²) in [4.78, 5) is 33.7. The van der Waals surface area contributed by atoms with Gasteiger partial charge < -0.3 is 20.5 Å². The van der Waals surface area contributed by atoms with Gasteiger partial charge in [0.1, 0.15) is 11.8 Å². The molecule has 1 saturated heterocycles. The highest BCUT2D eigenvalue weighted by Gasteiger charge is 2.42. The molecule has 0 spiro atoms. The van der Waals surface area contributed by atoms with Crippen LogP contribution < -0.4 is 20.3 Å². The summed E-state index contributed by atoms with van der Waals surface area (Å²) in [5.74, 6) is -3.28. The van der Waals surface area contributed by atoms with E-state index in [0.29, 0.717) is 17.0 Å². The molecule has 2 fully saturated rings. The molecular weight excluding hydrogens is 506 g/mol. The number of ether oxygens (including phenoxy) is 1. The van der Waals surface area contributed by atoms with Crippen molar-refractivity contribution in [1.82, 2.24) is 15.6 Å². The lowest BCUT2D eigenvalue weighted by Gasteiger charge is -2.36. The highest BCUT2D eigenvalue weighted by atomic mass is 19.3. The highest BCUT2D eigenvalue weighted by Crippen LogP contribution is 2.37. The van der Waals surface area contributed by atoms with Crippen LogP contribution in [-0.4, -0.2) is 59.7 Å².